The van der Waals surface area contributed by atoms with E-state index in [2.05, 4.69) is 4.90 Å². The molecule has 0 aromatic heterocycles. The van der Waals surface area contributed by atoms with E-state index in [4.69, 9.17) is 5.73 Å². The number of hydrogen-bond donors (Lipinski definition) is 1. The Balaban J connectivity index is 2.02. The van der Waals surface area contributed by atoms with Gasteiger partial charge in [0, 0.05) is 52.0 Å². The third kappa shape index (κ3) is 3.72. The zero-order chi connectivity index (χ0) is 18.9. The number of hydrogen-bond acceptors (Lipinski definition) is 5. The first kappa shape index (κ1) is 19.1. The first-order valence-corrected chi connectivity index (χ1v) is 10.6. The monoisotopic (exact) mass is 380 g/mol. The van der Waals surface area contributed by atoms with Crippen LogP contribution in [0, 0.1) is 0 Å². The van der Waals surface area contributed by atoms with Gasteiger partial charge >= 0.3 is 0 Å². The summed E-state index contributed by atoms with van der Waals surface area (Å²) in [5.74, 6) is -0.127. The van der Waals surface area contributed by atoms with Crippen molar-refractivity contribution < 1.29 is 13.2 Å². The molecule has 1 atom stereocenters. The van der Waals surface area contributed by atoms with Gasteiger partial charge in [-0.2, -0.15) is 0 Å². The van der Waals surface area contributed by atoms with E-state index in [1.54, 1.807) is 17.0 Å². The van der Waals surface area contributed by atoms with E-state index in [0.717, 1.165) is 44.5 Å². The molecular weight excluding hydrogens is 352 g/mol. The van der Waals surface area contributed by atoms with Gasteiger partial charge < -0.3 is 15.5 Å². The molecule has 7 nitrogen and oxygen atoms in total. The molecule has 1 aromatic carbocycles. The van der Waals surface area contributed by atoms with Crippen molar-refractivity contribution >= 4 is 21.6 Å². The van der Waals surface area contributed by atoms with Gasteiger partial charge in [-0.25, -0.2) is 12.7 Å². The minimum absolute atomic E-state index is 0.0170. The van der Waals surface area contributed by atoms with Gasteiger partial charge in [0.15, 0.2) is 0 Å². The normalized spacial score (nSPS) is 21.5. The van der Waals surface area contributed by atoms with Crippen LogP contribution in [0.25, 0.3) is 0 Å². The number of piperidine rings is 1. The standard InChI is InChI=1S/C18H28N4O3S/c1-20(2)26(24,25)15-7-8-17(21-9-3-4-10-21)16(12-15)18(23)22-11-5-6-14(19)13-22/h7-8,12,14H,3-6,9-11,13,19H2,1-2H3. The summed E-state index contributed by atoms with van der Waals surface area (Å²) in [5.41, 5.74) is 7.32. The fraction of sp³-hybridized carbons (Fsp3) is 0.611. The third-order valence-electron chi connectivity index (χ3n) is 5.17. The lowest BCUT2D eigenvalue weighted by Gasteiger charge is -2.32. The second-order valence-corrected chi connectivity index (χ2v) is 9.47. The molecule has 2 saturated heterocycles. The molecular formula is C18H28N4O3S. The average molecular weight is 381 g/mol. The topological polar surface area (TPSA) is 87.0 Å². The van der Waals surface area contributed by atoms with Crippen LogP contribution in [0.3, 0.4) is 0 Å². The molecule has 26 heavy (non-hydrogen) atoms. The maximum absolute atomic E-state index is 13.2. The number of carbonyl (C=O) groups is 1. The Bertz CT molecular complexity index is 773. The summed E-state index contributed by atoms with van der Waals surface area (Å²) in [4.78, 5) is 17.3. The molecule has 0 bridgehead atoms. The van der Waals surface area contributed by atoms with Gasteiger partial charge in [0.1, 0.15) is 0 Å². The molecule has 2 heterocycles. The molecule has 3 rings (SSSR count). The van der Waals surface area contributed by atoms with Crippen molar-refractivity contribution in [3.63, 3.8) is 0 Å². The van der Waals surface area contributed by atoms with Crippen molar-refractivity contribution in [1.29, 1.82) is 0 Å². The molecule has 2 N–H and O–H groups in total. The summed E-state index contributed by atoms with van der Waals surface area (Å²) in [6, 6.07) is 4.89. The number of sulfonamides is 1. The molecule has 0 aliphatic carbocycles. The van der Waals surface area contributed by atoms with Crippen LogP contribution in [0.4, 0.5) is 5.69 Å². The van der Waals surface area contributed by atoms with Crippen LogP contribution in [0.5, 0.6) is 0 Å². The SMILES string of the molecule is CN(C)S(=O)(=O)c1ccc(N2CCCC2)c(C(=O)N2CCCC(N)C2)c1. The first-order chi connectivity index (χ1) is 12.3. The second kappa shape index (κ2) is 7.54. The highest BCUT2D eigenvalue weighted by Crippen LogP contribution is 2.29. The van der Waals surface area contributed by atoms with Crippen LogP contribution >= 0.6 is 0 Å². The van der Waals surface area contributed by atoms with Gasteiger partial charge in [-0.3, -0.25) is 4.79 Å². The predicted octanol–water partition coefficient (Wildman–Crippen LogP) is 1.10. The maximum Gasteiger partial charge on any atom is 0.256 e. The fourth-order valence-electron chi connectivity index (χ4n) is 3.66. The highest BCUT2D eigenvalue weighted by Gasteiger charge is 2.28. The Kier molecular flexibility index (Phi) is 5.55. The Morgan fingerprint density at radius 3 is 2.46 bits per heavy atom. The minimum atomic E-state index is -3.60. The van der Waals surface area contributed by atoms with Gasteiger partial charge in [0.25, 0.3) is 5.91 Å². The van der Waals surface area contributed by atoms with Gasteiger partial charge in [-0.05, 0) is 43.9 Å². The van der Waals surface area contributed by atoms with Crippen LogP contribution in [0.15, 0.2) is 23.1 Å². The lowest BCUT2D eigenvalue weighted by molar-refractivity contribution is 0.0709. The van der Waals surface area contributed by atoms with E-state index < -0.39 is 10.0 Å². The minimum Gasteiger partial charge on any atom is -0.371 e. The van der Waals surface area contributed by atoms with E-state index in [-0.39, 0.29) is 16.8 Å². The van der Waals surface area contributed by atoms with E-state index in [9.17, 15) is 13.2 Å². The summed E-state index contributed by atoms with van der Waals surface area (Å²) in [7, 11) is -0.605. The van der Waals surface area contributed by atoms with Gasteiger partial charge in [-0.15, -0.1) is 0 Å². The number of benzene rings is 1. The first-order valence-electron chi connectivity index (χ1n) is 9.17. The van der Waals surface area contributed by atoms with Crippen LogP contribution in [0.1, 0.15) is 36.0 Å². The van der Waals surface area contributed by atoms with Crippen molar-refractivity contribution in [3.05, 3.63) is 23.8 Å². The smallest absolute Gasteiger partial charge is 0.256 e. The summed E-state index contributed by atoms with van der Waals surface area (Å²) in [6.45, 7) is 2.96. The van der Waals surface area contributed by atoms with Crippen LogP contribution < -0.4 is 10.6 Å². The lowest BCUT2D eigenvalue weighted by atomic mass is 10.0. The number of amides is 1. The molecule has 2 aliphatic heterocycles. The highest BCUT2D eigenvalue weighted by atomic mass is 32.2. The van der Waals surface area contributed by atoms with Gasteiger partial charge in [-0.1, -0.05) is 0 Å². The highest BCUT2D eigenvalue weighted by molar-refractivity contribution is 7.89. The van der Waals surface area contributed by atoms with E-state index in [0.29, 0.717) is 18.7 Å². The molecule has 1 amide bonds. The average Bonchev–Trinajstić information content (AvgIpc) is 3.15. The van der Waals surface area contributed by atoms with Crippen LogP contribution in [-0.2, 0) is 10.0 Å². The van der Waals surface area contributed by atoms with Crippen LogP contribution in [-0.4, -0.2) is 69.8 Å². The van der Waals surface area contributed by atoms with E-state index >= 15 is 0 Å². The van der Waals surface area contributed by atoms with Crippen molar-refractivity contribution in [1.82, 2.24) is 9.21 Å². The number of likely N-dealkylation sites (tertiary alicyclic amines) is 1. The summed E-state index contributed by atoms with van der Waals surface area (Å²) in [6.07, 6.45) is 3.96. The Morgan fingerprint density at radius 1 is 1.15 bits per heavy atom. The largest absolute Gasteiger partial charge is 0.371 e. The molecule has 2 aliphatic rings. The summed E-state index contributed by atoms with van der Waals surface area (Å²) < 4.78 is 26.2. The molecule has 1 aromatic rings. The molecule has 8 heteroatoms. The van der Waals surface area contributed by atoms with Crippen molar-refractivity contribution in [2.75, 3.05) is 45.2 Å². The number of nitrogens with two attached hydrogens (primary N) is 1. The Morgan fingerprint density at radius 2 is 1.85 bits per heavy atom. The van der Waals surface area contributed by atoms with Crippen LogP contribution in [0.2, 0.25) is 0 Å². The number of rotatable bonds is 4. The molecule has 0 saturated carbocycles. The molecule has 1 unspecified atom stereocenters. The molecule has 2 fully saturated rings. The fourth-order valence-corrected chi connectivity index (χ4v) is 4.58. The van der Waals surface area contributed by atoms with Crippen molar-refractivity contribution in [2.24, 2.45) is 5.73 Å². The number of carbonyl (C=O) groups excluding carboxylic acids is 1. The van der Waals surface area contributed by atoms with Crippen molar-refractivity contribution in [3.8, 4) is 0 Å². The number of anilines is 1. The summed E-state index contributed by atoms with van der Waals surface area (Å²) in [5, 5.41) is 0. The van der Waals surface area contributed by atoms with Gasteiger partial charge in [0.05, 0.1) is 10.5 Å². The quantitative estimate of drug-likeness (QED) is 0.845. The Hall–Kier alpha value is -1.64. The van der Waals surface area contributed by atoms with Crippen molar-refractivity contribution in [2.45, 2.75) is 36.6 Å². The number of nitrogens with zero attached hydrogens (tertiary/aromatic N) is 3. The third-order valence-corrected chi connectivity index (χ3v) is 6.98. The lowest BCUT2D eigenvalue weighted by Crippen LogP contribution is -2.46. The zero-order valence-electron chi connectivity index (χ0n) is 15.5. The van der Waals surface area contributed by atoms with E-state index in [1.165, 1.54) is 24.5 Å². The maximum atomic E-state index is 13.2. The zero-order valence-corrected chi connectivity index (χ0v) is 16.3. The predicted molar refractivity (Wildman–Crippen MR) is 102 cm³/mol. The molecule has 144 valence electrons. The summed E-state index contributed by atoms with van der Waals surface area (Å²) >= 11 is 0. The van der Waals surface area contributed by atoms with E-state index in [1.807, 2.05) is 0 Å². The Labute approximate surface area is 155 Å². The second-order valence-electron chi connectivity index (χ2n) is 7.31. The molecule has 0 spiro atoms. The molecule has 0 radical (unpaired) electrons. The van der Waals surface area contributed by atoms with Gasteiger partial charge in [0.2, 0.25) is 10.0 Å².